The number of benzene rings is 2. The molecule has 0 aliphatic carbocycles. The summed E-state index contributed by atoms with van der Waals surface area (Å²) in [5.74, 6) is -0.821. The van der Waals surface area contributed by atoms with Crippen LogP contribution in [0.4, 0.5) is 16.2 Å². The van der Waals surface area contributed by atoms with Crippen LogP contribution in [0.2, 0.25) is 4.34 Å². The molecule has 0 atom stereocenters. The number of hydrogen-bond donors (Lipinski definition) is 2. The number of carbonyl (C=O) groups excluding carboxylic acids is 3. The topological polar surface area (TPSA) is 122 Å². The zero-order chi connectivity index (χ0) is 23.9. The molecule has 4 amide bonds. The monoisotopic (exact) mass is 505 g/mol. The van der Waals surface area contributed by atoms with Crippen LogP contribution >= 0.6 is 22.9 Å². The van der Waals surface area contributed by atoms with Gasteiger partial charge in [-0.25, -0.2) is 22.8 Å². The van der Waals surface area contributed by atoms with Crippen LogP contribution < -0.4 is 19.7 Å². The molecule has 1 aliphatic heterocycles. The third-order valence-corrected chi connectivity index (χ3v) is 7.90. The summed E-state index contributed by atoms with van der Waals surface area (Å²) in [5, 5.41) is 2.42. The first-order chi connectivity index (χ1) is 15.6. The number of rotatable bonds is 5. The maximum absolute atomic E-state index is 12.8. The number of nitrogens with one attached hydrogen (secondary N) is 2. The average molecular weight is 506 g/mol. The Morgan fingerprint density at radius 1 is 1.06 bits per heavy atom. The van der Waals surface area contributed by atoms with Crippen molar-refractivity contribution in [3.63, 3.8) is 0 Å². The van der Waals surface area contributed by atoms with E-state index in [0.29, 0.717) is 16.7 Å². The summed E-state index contributed by atoms with van der Waals surface area (Å²) in [4.78, 5) is 39.1. The van der Waals surface area contributed by atoms with Crippen molar-refractivity contribution in [2.45, 2.75) is 11.1 Å². The molecule has 0 spiro atoms. The molecule has 2 heterocycles. The number of sulfonamides is 1. The van der Waals surface area contributed by atoms with Gasteiger partial charge >= 0.3 is 6.03 Å². The maximum Gasteiger partial charge on any atom is 0.333 e. The molecular formula is C21H16ClN3O6S2. The van der Waals surface area contributed by atoms with E-state index in [0.717, 1.165) is 16.2 Å². The summed E-state index contributed by atoms with van der Waals surface area (Å²) in [7, 11) is -2.78. The summed E-state index contributed by atoms with van der Waals surface area (Å²) in [6.45, 7) is 1.64. The Kier molecular flexibility index (Phi) is 5.87. The lowest BCUT2D eigenvalue weighted by Crippen LogP contribution is -2.34. The molecule has 170 valence electrons. The first-order valence-corrected chi connectivity index (χ1v) is 12.1. The highest BCUT2D eigenvalue weighted by atomic mass is 35.5. The molecule has 9 nitrogen and oxygen atoms in total. The van der Waals surface area contributed by atoms with Gasteiger partial charge in [-0.2, -0.15) is 0 Å². The Labute approximate surface area is 198 Å². The van der Waals surface area contributed by atoms with Crippen molar-refractivity contribution in [3.05, 3.63) is 69.6 Å². The highest BCUT2D eigenvalue weighted by molar-refractivity contribution is 7.92. The molecule has 0 saturated carbocycles. The van der Waals surface area contributed by atoms with Gasteiger partial charge in [0.2, 0.25) is 0 Å². The number of amides is 4. The van der Waals surface area contributed by atoms with Gasteiger partial charge in [0.15, 0.2) is 0 Å². The van der Waals surface area contributed by atoms with Crippen molar-refractivity contribution >= 4 is 62.2 Å². The minimum atomic E-state index is -4.12. The molecule has 12 heteroatoms. The molecule has 2 aromatic carbocycles. The van der Waals surface area contributed by atoms with Gasteiger partial charge in [-0.1, -0.05) is 23.7 Å². The molecule has 0 bridgehead atoms. The van der Waals surface area contributed by atoms with Gasteiger partial charge in [0.05, 0.1) is 33.9 Å². The minimum Gasteiger partial charge on any atom is -0.494 e. The normalized spacial score (nSPS) is 13.1. The minimum absolute atomic E-state index is 0.119. The second-order valence-corrected chi connectivity index (χ2v) is 10.6. The first kappa shape index (κ1) is 22.8. The lowest BCUT2D eigenvalue weighted by Gasteiger charge is -2.20. The Bertz CT molecular complexity index is 1380. The fourth-order valence-electron chi connectivity index (χ4n) is 3.36. The van der Waals surface area contributed by atoms with Crippen LogP contribution in [0.3, 0.4) is 0 Å². The van der Waals surface area contributed by atoms with Gasteiger partial charge in [-0.05, 0) is 42.8 Å². The van der Waals surface area contributed by atoms with E-state index in [-0.39, 0.29) is 25.7 Å². The number of imide groups is 1. The molecule has 0 saturated heterocycles. The Hall–Kier alpha value is -3.41. The van der Waals surface area contributed by atoms with Crippen molar-refractivity contribution < 1.29 is 27.5 Å². The van der Waals surface area contributed by atoms with Crippen molar-refractivity contribution in [2.24, 2.45) is 0 Å². The predicted molar refractivity (Wildman–Crippen MR) is 124 cm³/mol. The zero-order valence-electron chi connectivity index (χ0n) is 17.2. The Morgan fingerprint density at radius 2 is 1.70 bits per heavy atom. The summed E-state index contributed by atoms with van der Waals surface area (Å²) >= 11 is 6.57. The number of urea groups is 1. The second-order valence-electron chi connectivity index (χ2n) is 6.95. The third kappa shape index (κ3) is 4.17. The smallest absolute Gasteiger partial charge is 0.333 e. The number of ether oxygens (including phenoxy) is 1. The Balaban J connectivity index is 1.60. The SMILES string of the molecule is COc1cc(N2C(=O)c3ccccc3C2=O)c(C)cc1NC(=O)NS(=O)(=O)c1ccc(Cl)s1. The molecule has 0 unspecified atom stereocenters. The number of hydrogen-bond acceptors (Lipinski definition) is 7. The lowest BCUT2D eigenvalue weighted by atomic mass is 10.1. The van der Waals surface area contributed by atoms with E-state index in [2.05, 4.69) is 5.32 Å². The number of nitrogens with zero attached hydrogens (tertiary/aromatic N) is 1. The van der Waals surface area contributed by atoms with Gasteiger partial charge in [0.25, 0.3) is 21.8 Å². The van der Waals surface area contributed by atoms with Crippen LogP contribution in [0, 0.1) is 6.92 Å². The third-order valence-electron chi connectivity index (χ3n) is 4.84. The number of halogens is 1. The van der Waals surface area contributed by atoms with Gasteiger partial charge in [-0.15, -0.1) is 11.3 Å². The van der Waals surface area contributed by atoms with Gasteiger partial charge < -0.3 is 10.1 Å². The number of aryl methyl sites for hydroxylation is 1. The van der Waals surface area contributed by atoms with Crippen LogP contribution in [0.25, 0.3) is 0 Å². The quantitative estimate of drug-likeness (QED) is 0.505. The van der Waals surface area contributed by atoms with Crippen LogP contribution in [-0.2, 0) is 10.0 Å². The maximum atomic E-state index is 12.8. The van der Waals surface area contributed by atoms with Crippen molar-refractivity contribution in [1.29, 1.82) is 0 Å². The summed E-state index contributed by atoms with van der Waals surface area (Å²) in [6.07, 6.45) is 0. The number of carbonyl (C=O) groups is 3. The Morgan fingerprint density at radius 3 is 2.24 bits per heavy atom. The molecule has 1 aromatic heterocycles. The second kappa shape index (κ2) is 8.50. The van der Waals surface area contributed by atoms with E-state index in [1.54, 1.807) is 31.2 Å². The predicted octanol–water partition coefficient (Wildman–Crippen LogP) is 4.03. The molecule has 4 rings (SSSR count). The number of methoxy groups -OCH3 is 1. The standard InChI is InChI=1S/C21H16ClN3O6S2/c1-11-9-14(23-21(28)24-33(29,30)18-8-7-17(22)32-18)16(31-2)10-15(11)25-19(26)12-5-3-4-6-13(12)20(25)27/h3-10H,1-2H3,(H2,23,24,28). The van der Waals surface area contributed by atoms with Gasteiger partial charge in [-0.3, -0.25) is 9.59 Å². The van der Waals surface area contributed by atoms with E-state index < -0.39 is 27.9 Å². The fourth-order valence-corrected chi connectivity index (χ4v) is 5.75. The number of anilines is 2. The average Bonchev–Trinajstić information content (AvgIpc) is 3.31. The van der Waals surface area contributed by atoms with Crippen molar-refractivity contribution in [3.8, 4) is 5.75 Å². The zero-order valence-corrected chi connectivity index (χ0v) is 19.6. The summed E-state index contributed by atoms with van der Waals surface area (Å²) in [5.41, 5.74) is 1.49. The van der Waals surface area contributed by atoms with E-state index in [9.17, 15) is 22.8 Å². The fraction of sp³-hybridized carbons (Fsp3) is 0.0952. The summed E-state index contributed by atoms with van der Waals surface area (Å²) in [6, 6.07) is 11.1. The van der Waals surface area contributed by atoms with E-state index >= 15 is 0 Å². The molecule has 0 fully saturated rings. The van der Waals surface area contributed by atoms with E-state index in [1.165, 1.54) is 31.4 Å². The van der Waals surface area contributed by atoms with Gasteiger partial charge in [0.1, 0.15) is 9.96 Å². The van der Waals surface area contributed by atoms with Gasteiger partial charge in [0, 0.05) is 6.07 Å². The van der Waals surface area contributed by atoms with Crippen molar-refractivity contribution in [2.75, 3.05) is 17.3 Å². The molecule has 3 aromatic rings. The number of thiophene rings is 1. The molecule has 33 heavy (non-hydrogen) atoms. The highest BCUT2D eigenvalue weighted by Gasteiger charge is 2.37. The van der Waals surface area contributed by atoms with E-state index in [1.807, 2.05) is 4.72 Å². The van der Waals surface area contributed by atoms with Crippen LogP contribution in [0.1, 0.15) is 26.3 Å². The van der Waals surface area contributed by atoms with Crippen molar-refractivity contribution in [1.82, 2.24) is 4.72 Å². The molecular weight excluding hydrogens is 490 g/mol. The van der Waals surface area contributed by atoms with Crippen LogP contribution in [-0.4, -0.2) is 33.4 Å². The van der Waals surface area contributed by atoms with Crippen LogP contribution in [0.5, 0.6) is 5.75 Å². The molecule has 2 N–H and O–H groups in total. The first-order valence-electron chi connectivity index (χ1n) is 9.38. The molecule has 1 aliphatic rings. The largest absolute Gasteiger partial charge is 0.494 e. The number of fused-ring (bicyclic) bond motifs is 1. The molecule has 0 radical (unpaired) electrons. The lowest BCUT2D eigenvalue weighted by molar-refractivity contribution is 0.0925. The summed E-state index contributed by atoms with van der Waals surface area (Å²) < 4.78 is 32.0. The van der Waals surface area contributed by atoms with Crippen LogP contribution in [0.15, 0.2) is 52.7 Å². The van der Waals surface area contributed by atoms with E-state index in [4.69, 9.17) is 16.3 Å². The highest BCUT2D eigenvalue weighted by Crippen LogP contribution is 2.37.